The Kier molecular flexibility index (Phi) is 9.45. The van der Waals surface area contributed by atoms with Crippen molar-refractivity contribution in [3.63, 3.8) is 0 Å². The zero-order valence-corrected chi connectivity index (χ0v) is 32.7. The number of carbonyl (C=O) groups is 5. The zero-order valence-electron chi connectivity index (χ0n) is 31.9. The molecule has 1 unspecified atom stereocenters. The molecule has 3 aromatic carbocycles. The van der Waals surface area contributed by atoms with E-state index in [1.807, 2.05) is 36.4 Å². The van der Waals surface area contributed by atoms with Crippen LogP contribution >= 0.6 is 11.6 Å². The Balaban J connectivity index is 0.821. The summed E-state index contributed by atoms with van der Waals surface area (Å²) in [5.74, 6) is -1.49. The second kappa shape index (κ2) is 14.0. The number of nitrogens with one attached hydrogen (secondary N) is 3. The predicted octanol–water partition coefficient (Wildman–Crippen LogP) is 5.96. The molecule has 13 heteroatoms. The Morgan fingerprint density at radius 1 is 0.875 bits per heavy atom. The first kappa shape index (κ1) is 37.7. The van der Waals surface area contributed by atoms with Gasteiger partial charge in [0.25, 0.3) is 17.7 Å². The maximum Gasteiger partial charge on any atom is 0.262 e. The van der Waals surface area contributed by atoms with Gasteiger partial charge in [-0.15, -0.1) is 0 Å². The van der Waals surface area contributed by atoms with E-state index >= 15 is 0 Å². The van der Waals surface area contributed by atoms with E-state index in [4.69, 9.17) is 16.3 Å². The fraction of sp³-hybridized carbons (Fsp3) is 0.442. The number of hydrogen-bond donors (Lipinski definition) is 3. The molecule has 3 aromatic rings. The topological polar surface area (TPSA) is 161 Å². The fourth-order valence-corrected chi connectivity index (χ4v) is 10.2. The van der Waals surface area contributed by atoms with Crippen LogP contribution in [0.4, 0.5) is 5.69 Å². The molecule has 0 spiro atoms. The molecule has 0 radical (unpaired) electrons. The summed E-state index contributed by atoms with van der Waals surface area (Å²) in [4.78, 5) is 67.6. The van der Waals surface area contributed by atoms with Gasteiger partial charge in [-0.05, 0) is 91.8 Å². The highest BCUT2D eigenvalue weighted by atomic mass is 35.5. The maximum atomic E-state index is 13.5. The summed E-state index contributed by atoms with van der Waals surface area (Å²) in [7, 11) is 0. The first-order chi connectivity index (χ1) is 26.6. The third-order valence-corrected chi connectivity index (χ3v) is 13.0. The lowest BCUT2D eigenvalue weighted by atomic mass is 9.49. The predicted molar refractivity (Wildman–Crippen MR) is 208 cm³/mol. The van der Waals surface area contributed by atoms with Crippen molar-refractivity contribution in [2.75, 3.05) is 5.32 Å². The number of anilines is 1. The van der Waals surface area contributed by atoms with Crippen molar-refractivity contribution in [1.29, 1.82) is 5.26 Å². The van der Waals surface area contributed by atoms with Crippen LogP contribution in [0, 0.1) is 22.2 Å². The van der Waals surface area contributed by atoms with Gasteiger partial charge in [0, 0.05) is 65.8 Å². The zero-order chi connectivity index (χ0) is 39.7. The Bertz CT molecular complexity index is 2140. The molecule has 8 rings (SSSR count). The lowest BCUT2D eigenvalue weighted by Crippen LogP contribution is -2.74. The normalized spacial score (nSPS) is 26.4. The van der Waals surface area contributed by atoms with Gasteiger partial charge in [-0.3, -0.25) is 39.1 Å². The lowest BCUT2D eigenvalue weighted by molar-refractivity contribution is -0.164. The summed E-state index contributed by atoms with van der Waals surface area (Å²) in [5, 5.41) is 18.7. The largest absolute Gasteiger partial charge is 0.489 e. The van der Waals surface area contributed by atoms with Gasteiger partial charge in [0.2, 0.25) is 11.8 Å². The fourth-order valence-electron chi connectivity index (χ4n) is 10.0. The first-order valence-corrected chi connectivity index (χ1v) is 19.7. The minimum atomic E-state index is -0.968. The highest BCUT2D eigenvalue weighted by Crippen LogP contribution is 2.55. The number of piperidine rings is 1. The molecule has 0 bridgehead atoms. The van der Waals surface area contributed by atoms with Crippen LogP contribution in [-0.4, -0.2) is 69.6 Å². The summed E-state index contributed by atoms with van der Waals surface area (Å²) in [6, 6.07) is 18.0. The van der Waals surface area contributed by atoms with Crippen LogP contribution in [0.1, 0.15) is 114 Å². The molecule has 12 nitrogen and oxygen atoms in total. The molecule has 0 aromatic heterocycles. The minimum absolute atomic E-state index is 0.0925. The van der Waals surface area contributed by atoms with Gasteiger partial charge in [0.15, 0.2) is 0 Å². The van der Waals surface area contributed by atoms with Gasteiger partial charge in [-0.25, -0.2) is 0 Å². The van der Waals surface area contributed by atoms with E-state index in [0.717, 1.165) is 47.4 Å². The van der Waals surface area contributed by atoms with Gasteiger partial charge < -0.3 is 15.4 Å². The van der Waals surface area contributed by atoms with Gasteiger partial charge in [-0.1, -0.05) is 39.3 Å². The first-order valence-electron chi connectivity index (χ1n) is 19.3. The van der Waals surface area contributed by atoms with Crippen molar-refractivity contribution in [2.24, 2.45) is 10.8 Å². The van der Waals surface area contributed by atoms with E-state index < -0.39 is 29.7 Å². The van der Waals surface area contributed by atoms with Crippen LogP contribution in [0.15, 0.2) is 54.6 Å². The number of ether oxygens (including phenoxy) is 1. The molecule has 290 valence electrons. The van der Waals surface area contributed by atoms with E-state index in [0.29, 0.717) is 58.2 Å². The van der Waals surface area contributed by atoms with Gasteiger partial charge in [0.05, 0.1) is 21.7 Å². The number of benzene rings is 3. The van der Waals surface area contributed by atoms with Crippen LogP contribution in [0.25, 0.3) is 0 Å². The number of carbonyl (C=O) groups excluding carboxylic acids is 5. The summed E-state index contributed by atoms with van der Waals surface area (Å²) in [5.41, 5.74) is 3.94. The molecule has 3 N–H and O–H groups in total. The van der Waals surface area contributed by atoms with Crippen LogP contribution < -0.4 is 20.7 Å². The number of nitrogens with zero attached hydrogens (tertiary/aromatic N) is 3. The van der Waals surface area contributed by atoms with Crippen molar-refractivity contribution in [1.82, 2.24) is 20.4 Å². The molecule has 3 aliphatic heterocycles. The Hall–Kier alpha value is -5.25. The summed E-state index contributed by atoms with van der Waals surface area (Å²) < 4.78 is 6.37. The van der Waals surface area contributed by atoms with Crippen LogP contribution in [0.3, 0.4) is 0 Å². The van der Waals surface area contributed by atoms with E-state index in [2.05, 4.69) is 54.6 Å². The maximum absolute atomic E-state index is 13.5. The third-order valence-electron chi connectivity index (χ3n) is 12.7. The number of imide groups is 2. The van der Waals surface area contributed by atoms with Crippen molar-refractivity contribution >= 4 is 46.8 Å². The Morgan fingerprint density at radius 3 is 2.07 bits per heavy atom. The van der Waals surface area contributed by atoms with Crippen LogP contribution in [0.5, 0.6) is 5.75 Å². The molecule has 1 saturated heterocycles. The molecule has 3 fully saturated rings. The standard InChI is InChI=1S/C43H45ClN6O6/c1-42(2)40(43(3,4)41(42)56-30-14-7-24(20-45)33(44)19-30)48-36(52)23-5-8-27(9-6-23)46-28-10-12-29(13-11-28)49-21-25-17-31-32(18-26(25)22-49)39(55)50(38(31)54)34-15-16-35(51)47-37(34)53/h5-9,14,17-19,28-29,34,40-41,46H,10-13,15-16,21-22H2,1-4H3,(H,48,52)(H,47,51,53). The van der Waals surface area contributed by atoms with Gasteiger partial charge in [0.1, 0.15) is 24.0 Å². The SMILES string of the molecule is CC1(C)C(NC(=O)c2ccc(NC3CCC(N4Cc5cc6c(cc5C4)C(=O)N(C4CCC(=O)NC4=O)C6=O)CC3)cc2)C(C)(C)C1Oc1ccc(C#N)c(Cl)c1. The lowest BCUT2D eigenvalue weighted by Gasteiger charge is -2.63. The monoisotopic (exact) mass is 776 g/mol. The van der Waals surface area contributed by atoms with Gasteiger partial charge >= 0.3 is 0 Å². The summed E-state index contributed by atoms with van der Waals surface area (Å²) in [6.45, 7) is 9.73. The van der Waals surface area contributed by atoms with E-state index in [9.17, 15) is 29.2 Å². The Labute approximate surface area is 330 Å². The van der Waals surface area contributed by atoms with Crippen molar-refractivity contribution in [2.45, 2.75) is 110 Å². The van der Waals surface area contributed by atoms with E-state index in [1.54, 1.807) is 18.2 Å². The molecule has 5 aliphatic rings. The summed E-state index contributed by atoms with van der Waals surface area (Å²) >= 11 is 6.24. The smallest absolute Gasteiger partial charge is 0.262 e. The highest BCUT2D eigenvalue weighted by Gasteiger charge is 2.64. The van der Waals surface area contributed by atoms with Crippen molar-refractivity contribution in [3.8, 4) is 11.8 Å². The molecule has 3 heterocycles. The van der Waals surface area contributed by atoms with E-state index in [-0.39, 0.29) is 41.7 Å². The average Bonchev–Trinajstić information content (AvgIpc) is 3.69. The number of nitriles is 1. The number of hydrogen-bond acceptors (Lipinski definition) is 9. The molecule has 1 atom stereocenters. The summed E-state index contributed by atoms with van der Waals surface area (Å²) in [6.07, 6.45) is 4.01. The van der Waals surface area contributed by atoms with Crippen LogP contribution in [-0.2, 0) is 22.7 Å². The average molecular weight is 777 g/mol. The number of halogens is 1. The number of amides is 5. The van der Waals surface area contributed by atoms with Crippen molar-refractivity contribution in [3.05, 3.63) is 93.0 Å². The van der Waals surface area contributed by atoms with E-state index in [1.165, 1.54) is 0 Å². The molecule has 2 aliphatic carbocycles. The van der Waals surface area contributed by atoms with Crippen LogP contribution in [0.2, 0.25) is 5.02 Å². The quantitative estimate of drug-likeness (QED) is 0.235. The molecule has 5 amide bonds. The number of fused-ring (bicyclic) bond motifs is 2. The second-order valence-electron chi connectivity index (χ2n) is 17.0. The number of rotatable bonds is 8. The molecule has 2 saturated carbocycles. The van der Waals surface area contributed by atoms with Gasteiger partial charge in [-0.2, -0.15) is 5.26 Å². The highest BCUT2D eigenvalue weighted by molar-refractivity contribution is 6.31. The molecule has 56 heavy (non-hydrogen) atoms. The molecular weight excluding hydrogens is 732 g/mol. The third kappa shape index (κ3) is 6.50. The second-order valence-corrected chi connectivity index (χ2v) is 17.5. The Morgan fingerprint density at radius 2 is 1.50 bits per heavy atom. The van der Waals surface area contributed by atoms with Crippen molar-refractivity contribution < 1.29 is 28.7 Å². The molecular formula is C43H45ClN6O6. The minimum Gasteiger partial charge on any atom is -0.489 e.